The van der Waals surface area contributed by atoms with E-state index in [1.165, 1.54) is 55.8 Å². The Bertz CT molecular complexity index is 808. The highest BCUT2D eigenvalue weighted by Gasteiger charge is 2.23. The van der Waals surface area contributed by atoms with Crippen molar-refractivity contribution in [1.82, 2.24) is 0 Å². The third-order valence-corrected chi connectivity index (χ3v) is 9.37. The highest BCUT2D eigenvalue weighted by molar-refractivity contribution is 6.59. The van der Waals surface area contributed by atoms with Crippen LogP contribution >= 0.6 is 0 Å². The molecule has 0 amide bonds. The highest BCUT2D eigenvalue weighted by Crippen LogP contribution is 2.35. The van der Waals surface area contributed by atoms with Gasteiger partial charge in [-0.2, -0.15) is 0 Å². The molecule has 3 rings (SSSR count). The van der Waals surface area contributed by atoms with Crippen LogP contribution in [-0.2, 0) is 0 Å². The number of hydrogen-bond acceptors (Lipinski definition) is 2. The molecule has 0 saturated carbocycles. The minimum atomic E-state index is -1.59. The van der Waals surface area contributed by atoms with Crippen molar-refractivity contribution >= 4 is 14.8 Å². The summed E-state index contributed by atoms with van der Waals surface area (Å²) in [5, 5.41) is 0. The zero-order chi connectivity index (χ0) is 20.8. The van der Waals surface area contributed by atoms with Crippen molar-refractivity contribution in [2.45, 2.75) is 63.1 Å². The molecule has 2 nitrogen and oxygen atoms in total. The second-order valence-corrected chi connectivity index (χ2v) is 11.4. The number of hydrogen-bond donors (Lipinski definition) is 0. The lowest BCUT2D eigenvalue weighted by molar-refractivity contribution is 0.0733. The Morgan fingerprint density at radius 3 is 2.24 bits per heavy atom. The molecular weight excluding hydrogens is 393 g/mol. The van der Waals surface area contributed by atoms with Gasteiger partial charge in [-0.3, -0.25) is 0 Å². The fourth-order valence-electron chi connectivity index (χ4n) is 4.12. The molecule has 1 aliphatic heterocycles. The van der Waals surface area contributed by atoms with Crippen molar-refractivity contribution in [3.63, 3.8) is 0 Å². The fourth-order valence-corrected chi connectivity index (χ4v) is 7.60. The second kappa shape index (κ2) is 10.1. The molecule has 156 valence electrons. The van der Waals surface area contributed by atoms with E-state index >= 15 is 0 Å². The van der Waals surface area contributed by atoms with Crippen molar-refractivity contribution in [3.8, 4) is 5.75 Å². The maximum Gasteiger partial charge on any atom is 0.343 e. The molecule has 29 heavy (non-hydrogen) atoms. The second-order valence-electron chi connectivity index (χ2n) is 7.93. The summed E-state index contributed by atoms with van der Waals surface area (Å²) in [5.74, 6) is -4.92. The summed E-state index contributed by atoms with van der Waals surface area (Å²) in [6.45, 7) is 2.24. The number of unbranched alkanes of at least 4 members (excludes halogenated alkanes) is 2. The monoisotopic (exact) mass is 420 g/mol. The average molecular weight is 421 g/mol. The van der Waals surface area contributed by atoms with Crippen molar-refractivity contribution in [3.05, 3.63) is 65.0 Å². The molecule has 0 aromatic heterocycles. The van der Waals surface area contributed by atoms with Gasteiger partial charge in [-0.25, -0.2) is 18.0 Å². The number of benzene rings is 2. The van der Waals surface area contributed by atoms with Crippen LogP contribution in [0, 0.1) is 17.5 Å². The van der Waals surface area contributed by atoms with Gasteiger partial charge in [0.05, 0.1) is 5.56 Å². The van der Waals surface area contributed by atoms with E-state index < -0.39 is 32.2 Å². The maximum absolute atomic E-state index is 13.3. The normalized spacial score (nSPS) is 19.2. The van der Waals surface area contributed by atoms with E-state index in [1.807, 2.05) is 12.1 Å². The number of ether oxygens (including phenoxy) is 1. The summed E-state index contributed by atoms with van der Waals surface area (Å²) in [5.41, 5.74) is 1.52. The van der Waals surface area contributed by atoms with Gasteiger partial charge in [0.25, 0.3) is 0 Å². The molecule has 0 aliphatic carbocycles. The van der Waals surface area contributed by atoms with Crippen LogP contribution in [0.4, 0.5) is 13.2 Å². The minimum Gasteiger partial charge on any atom is -0.423 e. The van der Waals surface area contributed by atoms with Gasteiger partial charge in [0.1, 0.15) is 5.75 Å². The third-order valence-electron chi connectivity index (χ3n) is 5.85. The van der Waals surface area contributed by atoms with Crippen LogP contribution in [0.2, 0.25) is 18.1 Å². The number of carbonyl (C=O) groups is 1. The Hall–Kier alpha value is -2.08. The molecule has 2 aromatic carbocycles. The van der Waals surface area contributed by atoms with Gasteiger partial charge < -0.3 is 4.74 Å². The molecule has 0 atom stereocenters. The van der Waals surface area contributed by atoms with Crippen LogP contribution < -0.4 is 4.74 Å². The first-order valence-corrected chi connectivity index (χ1v) is 12.9. The fraction of sp³-hybridized carbons (Fsp3) is 0.435. The standard InChI is InChI=1S/C23H27F3O2Si/c1-2-3-4-11-29-12-9-17(10-13-29)16-5-7-18(8-6-16)23(27)28-19-14-20(24)22(26)21(25)15-19/h5-8,14-15,17,29H,2-4,9-13H2,1H3/t17-,29-. The maximum atomic E-state index is 13.3. The van der Waals surface area contributed by atoms with Crippen molar-refractivity contribution < 1.29 is 22.7 Å². The molecule has 6 heteroatoms. The summed E-state index contributed by atoms with van der Waals surface area (Å²) in [6, 6.07) is 12.8. The van der Waals surface area contributed by atoms with Crippen LogP contribution in [-0.4, -0.2) is 14.8 Å². The number of esters is 1. The Morgan fingerprint density at radius 2 is 1.66 bits per heavy atom. The predicted molar refractivity (Wildman–Crippen MR) is 111 cm³/mol. The zero-order valence-electron chi connectivity index (χ0n) is 16.7. The molecule has 1 aliphatic rings. The van der Waals surface area contributed by atoms with Gasteiger partial charge in [-0.1, -0.05) is 56.5 Å². The number of rotatable bonds is 7. The summed E-state index contributed by atoms with van der Waals surface area (Å²) in [6.07, 6.45) is 6.46. The number of carbonyl (C=O) groups excluding carboxylic acids is 1. The molecule has 0 N–H and O–H groups in total. The van der Waals surface area contributed by atoms with Crippen molar-refractivity contribution in [1.29, 1.82) is 0 Å². The van der Waals surface area contributed by atoms with E-state index in [1.54, 1.807) is 12.1 Å². The van der Waals surface area contributed by atoms with E-state index in [4.69, 9.17) is 4.74 Å². The predicted octanol–water partition coefficient (Wildman–Crippen LogP) is 6.62. The van der Waals surface area contributed by atoms with Gasteiger partial charge in [0.15, 0.2) is 17.5 Å². The molecule has 0 spiro atoms. The lowest BCUT2D eigenvalue weighted by atomic mass is 9.93. The van der Waals surface area contributed by atoms with Gasteiger partial charge in [0, 0.05) is 20.9 Å². The van der Waals surface area contributed by atoms with Crippen molar-refractivity contribution in [2.24, 2.45) is 0 Å². The summed E-state index contributed by atoms with van der Waals surface area (Å²) >= 11 is 0. The summed E-state index contributed by atoms with van der Waals surface area (Å²) in [4.78, 5) is 12.2. The molecule has 0 bridgehead atoms. The summed E-state index contributed by atoms with van der Waals surface area (Å²) in [7, 11) is -0.560. The Kier molecular flexibility index (Phi) is 7.53. The molecule has 1 fully saturated rings. The molecule has 1 heterocycles. The topological polar surface area (TPSA) is 26.3 Å². The zero-order valence-corrected chi connectivity index (χ0v) is 17.9. The highest BCUT2D eigenvalue weighted by atomic mass is 28.3. The van der Waals surface area contributed by atoms with E-state index in [2.05, 4.69) is 6.92 Å². The van der Waals surface area contributed by atoms with Crippen LogP contribution in [0.5, 0.6) is 5.75 Å². The lowest BCUT2D eigenvalue weighted by Gasteiger charge is -2.28. The minimum absolute atomic E-state index is 0.293. The smallest absolute Gasteiger partial charge is 0.343 e. The first-order valence-electron chi connectivity index (χ1n) is 10.4. The largest absolute Gasteiger partial charge is 0.423 e. The quantitative estimate of drug-likeness (QED) is 0.165. The van der Waals surface area contributed by atoms with E-state index in [9.17, 15) is 18.0 Å². The Balaban J connectivity index is 1.55. The number of halogens is 3. The average Bonchev–Trinajstić information content (AvgIpc) is 2.73. The lowest BCUT2D eigenvalue weighted by Crippen LogP contribution is -2.20. The van der Waals surface area contributed by atoms with Gasteiger partial charge >= 0.3 is 5.97 Å². The summed E-state index contributed by atoms with van der Waals surface area (Å²) < 4.78 is 44.5. The van der Waals surface area contributed by atoms with Gasteiger partial charge in [-0.05, 0) is 36.5 Å². The SMILES string of the molecule is CCCCC[Si@H]1CC[C@H](c2ccc(C(=O)Oc3cc(F)c(F)c(F)c3)cc2)CC1. The van der Waals surface area contributed by atoms with Crippen LogP contribution in [0.1, 0.15) is 60.9 Å². The Morgan fingerprint density at radius 1 is 1.03 bits per heavy atom. The van der Waals surface area contributed by atoms with Crippen LogP contribution in [0.15, 0.2) is 36.4 Å². The van der Waals surface area contributed by atoms with E-state index in [-0.39, 0.29) is 5.75 Å². The first kappa shape index (κ1) is 21.6. The molecule has 1 saturated heterocycles. The third kappa shape index (κ3) is 5.72. The van der Waals surface area contributed by atoms with Crippen molar-refractivity contribution in [2.75, 3.05) is 0 Å². The molecule has 0 radical (unpaired) electrons. The van der Waals surface area contributed by atoms with Crippen LogP contribution in [0.3, 0.4) is 0 Å². The van der Waals surface area contributed by atoms with Gasteiger partial charge in [-0.15, -0.1) is 0 Å². The first-order chi connectivity index (χ1) is 14.0. The van der Waals surface area contributed by atoms with Gasteiger partial charge in [0.2, 0.25) is 0 Å². The molecule has 0 unspecified atom stereocenters. The molecular formula is C23H27F3O2Si. The van der Waals surface area contributed by atoms with Crippen LogP contribution in [0.25, 0.3) is 0 Å². The van der Waals surface area contributed by atoms with E-state index in [0.29, 0.717) is 23.6 Å². The molecule has 2 aromatic rings. The van der Waals surface area contributed by atoms with E-state index in [0.717, 1.165) is 0 Å². The Labute approximate surface area is 171 Å².